The lowest BCUT2D eigenvalue weighted by Gasteiger charge is -2.21. The molecule has 0 amide bonds. The van der Waals surface area contributed by atoms with Crippen molar-refractivity contribution in [2.45, 2.75) is 24.8 Å². The summed E-state index contributed by atoms with van der Waals surface area (Å²) in [5.41, 5.74) is 12.8. The quantitative estimate of drug-likeness (QED) is 0.764. The third-order valence-electron chi connectivity index (χ3n) is 3.38. The molecule has 0 radical (unpaired) electrons. The fourth-order valence-corrected chi connectivity index (χ4v) is 2.20. The van der Waals surface area contributed by atoms with Gasteiger partial charge in [0.25, 0.3) is 0 Å². The summed E-state index contributed by atoms with van der Waals surface area (Å²) >= 11 is 0. The molecule has 2 atom stereocenters. The monoisotopic (exact) mass is 380 g/mol. The number of nitrogens with two attached hydrogens (primary N) is 2. The summed E-state index contributed by atoms with van der Waals surface area (Å²) in [7, 11) is 0. The Balaban J connectivity index is 2.07. The van der Waals surface area contributed by atoms with Crippen LogP contribution in [-0.4, -0.2) is 12.7 Å². The SMILES string of the molecule is N[C@H](c1ccc(OC(F)(F)F)cc1)[C@H](N)c1ccc(OC(F)(F)F)cc1. The summed E-state index contributed by atoms with van der Waals surface area (Å²) in [6.45, 7) is 0. The zero-order chi connectivity index (χ0) is 19.5. The average molecular weight is 380 g/mol. The van der Waals surface area contributed by atoms with Gasteiger partial charge in [-0.15, -0.1) is 26.3 Å². The van der Waals surface area contributed by atoms with Crippen LogP contribution in [0.15, 0.2) is 48.5 Å². The highest BCUT2D eigenvalue weighted by Crippen LogP contribution is 2.30. The van der Waals surface area contributed by atoms with Crippen molar-refractivity contribution >= 4 is 0 Å². The molecule has 4 nitrogen and oxygen atoms in total. The van der Waals surface area contributed by atoms with Gasteiger partial charge in [-0.2, -0.15) is 0 Å². The van der Waals surface area contributed by atoms with Gasteiger partial charge in [0.05, 0.1) is 0 Å². The summed E-state index contributed by atoms with van der Waals surface area (Å²) in [5, 5.41) is 0. The van der Waals surface area contributed by atoms with E-state index >= 15 is 0 Å². The third-order valence-corrected chi connectivity index (χ3v) is 3.38. The van der Waals surface area contributed by atoms with Crippen LogP contribution in [0.2, 0.25) is 0 Å². The van der Waals surface area contributed by atoms with Crippen molar-refractivity contribution in [2.75, 3.05) is 0 Å². The van der Waals surface area contributed by atoms with E-state index in [0.29, 0.717) is 11.1 Å². The van der Waals surface area contributed by atoms with Gasteiger partial charge < -0.3 is 20.9 Å². The Morgan fingerprint density at radius 2 is 0.846 bits per heavy atom. The standard InChI is InChI=1S/C16H14F6N2O2/c17-15(18,19)25-11-5-1-9(2-6-11)13(23)14(24)10-3-7-12(8-4-10)26-16(20,21)22/h1-8,13-14H,23-24H2/t13-,14-/m1/s1. The van der Waals surface area contributed by atoms with E-state index in [-0.39, 0.29) is 0 Å². The van der Waals surface area contributed by atoms with E-state index < -0.39 is 36.3 Å². The van der Waals surface area contributed by atoms with E-state index in [9.17, 15) is 26.3 Å². The average Bonchev–Trinajstić information content (AvgIpc) is 2.52. The van der Waals surface area contributed by atoms with Crippen LogP contribution in [-0.2, 0) is 0 Å². The smallest absolute Gasteiger partial charge is 0.406 e. The van der Waals surface area contributed by atoms with Crippen molar-refractivity contribution in [1.29, 1.82) is 0 Å². The van der Waals surface area contributed by atoms with Gasteiger partial charge in [0.2, 0.25) is 0 Å². The van der Waals surface area contributed by atoms with Crippen molar-refractivity contribution < 1.29 is 35.8 Å². The molecule has 0 aliphatic heterocycles. The Morgan fingerprint density at radius 3 is 1.08 bits per heavy atom. The van der Waals surface area contributed by atoms with Gasteiger partial charge in [0.1, 0.15) is 11.5 Å². The zero-order valence-corrected chi connectivity index (χ0v) is 13.0. The highest BCUT2D eigenvalue weighted by Gasteiger charge is 2.32. The second-order valence-electron chi connectivity index (χ2n) is 5.29. The summed E-state index contributed by atoms with van der Waals surface area (Å²) in [4.78, 5) is 0. The molecule has 26 heavy (non-hydrogen) atoms. The topological polar surface area (TPSA) is 70.5 Å². The predicted octanol–water partition coefficient (Wildman–Crippen LogP) is 4.18. The number of hydrogen-bond acceptors (Lipinski definition) is 4. The molecule has 0 unspecified atom stereocenters. The maximum atomic E-state index is 12.1. The molecule has 4 N–H and O–H groups in total. The van der Waals surface area contributed by atoms with Crippen LogP contribution in [0.25, 0.3) is 0 Å². The molecule has 2 aromatic rings. The number of benzene rings is 2. The Kier molecular flexibility index (Phi) is 5.67. The predicted molar refractivity (Wildman–Crippen MR) is 80.1 cm³/mol. The van der Waals surface area contributed by atoms with E-state index in [4.69, 9.17) is 11.5 Å². The highest BCUT2D eigenvalue weighted by atomic mass is 19.4. The van der Waals surface area contributed by atoms with Crippen LogP contribution in [0, 0.1) is 0 Å². The van der Waals surface area contributed by atoms with Gasteiger partial charge in [-0.3, -0.25) is 0 Å². The van der Waals surface area contributed by atoms with Crippen LogP contribution in [0.1, 0.15) is 23.2 Å². The van der Waals surface area contributed by atoms with Gasteiger partial charge in [0, 0.05) is 12.1 Å². The Labute approximate surface area is 144 Å². The first-order chi connectivity index (χ1) is 11.9. The van der Waals surface area contributed by atoms with Gasteiger partial charge in [0.15, 0.2) is 0 Å². The molecule has 0 bridgehead atoms. The van der Waals surface area contributed by atoms with Crippen molar-refractivity contribution in [3.63, 3.8) is 0 Å². The molecule has 0 saturated carbocycles. The van der Waals surface area contributed by atoms with E-state index in [1.165, 1.54) is 24.3 Å². The molecular formula is C16H14F6N2O2. The minimum Gasteiger partial charge on any atom is -0.406 e. The van der Waals surface area contributed by atoms with Crippen molar-refractivity contribution in [2.24, 2.45) is 11.5 Å². The first-order valence-corrected chi connectivity index (χ1v) is 7.17. The molecule has 0 heterocycles. The van der Waals surface area contributed by atoms with E-state index in [0.717, 1.165) is 24.3 Å². The summed E-state index contributed by atoms with van der Waals surface area (Å²) in [6.07, 6.45) is -9.61. The Bertz CT molecular complexity index is 650. The van der Waals surface area contributed by atoms with Gasteiger partial charge in [-0.25, -0.2) is 0 Å². The summed E-state index contributed by atoms with van der Waals surface area (Å²) < 4.78 is 80.3. The minimum absolute atomic E-state index is 0.407. The van der Waals surface area contributed by atoms with Crippen LogP contribution in [0.4, 0.5) is 26.3 Å². The first kappa shape index (κ1) is 19.9. The number of halogens is 6. The van der Waals surface area contributed by atoms with Gasteiger partial charge >= 0.3 is 12.7 Å². The van der Waals surface area contributed by atoms with Crippen LogP contribution < -0.4 is 20.9 Å². The lowest BCUT2D eigenvalue weighted by atomic mass is 9.95. The fraction of sp³-hybridized carbons (Fsp3) is 0.250. The van der Waals surface area contributed by atoms with Crippen LogP contribution in [0.5, 0.6) is 11.5 Å². The normalized spacial score (nSPS) is 14.6. The highest BCUT2D eigenvalue weighted by molar-refractivity contribution is 5.34. The second kappa shape index (κ2) is 7.42. The lowest BCUT2D eigenvalue weighted by molar-refractivity contribution is -0.275. The molecular weight excluding hydrogens is 366 g/mol. The van der Waals surface area contributed by atoms with E-state index in [1.54, 1.807) is 0 Å². The molecule has 142 valence electrons. The minimum atomic E-state index is -4.81. The molecule has 10 heteroatoms. The fourth-order valence-electron chi connectivity index (χ4n) is 2.20. The number of hydrogen-bond donors (Lipinski definition) is 2. The first-order valence-electron chi connectivity index (χ1n) is 7.17. The molecule has 0 aliphatic rings. The molecule has 0 saturated heterocycles. The van der Waals surface area contributed by atoms with Crippen molar-refractivity contribution in [1.82, 2.24) is 0 Å². The van der Waals surface area contributed by atoms with Crippen LogP contribution in [0.3, 0.4) is 0 Å². The second-order valence-corrected chi connectivity index (χ2v) is 5.29. The molecule has 0 fully saturated rings. The number of alkyl halides is 6. The van der Waals surface area contributed by atoms with E-state index in [1.807, 2.05) is 0 Å². The molecule has 0 aromatic heterocycles. The van der Waals surface area contributed by atoms with Crippen molar-refractivity contribution in [3.8, 4) is 11.5 Å². The molecule has 0 spiro atoms. The molecule has 2 aromatic carbocycles. The van der Waals surface area contributed by atoms with Gasteiger partial charge in [-0.1, -0.05) is 24.3 Å². The zero-order valence-electron chi connectivity index (χ0n) is 13.0. The maximum absolute atomic E-state index is 12.1. The van der Waals surface area contributed by atoms with E-state index in [2.05, 4.69) is 9.47 Å². The van der Waals surface area contributed by atoms with Crippen molar-refractivity contribution in [3.05, 3.63) is 59.7 Å². The molecule has 2 rings (SSSR count). The lowest BCUT2D eigenvalue weighted by Crippen LogP contribution is -2.26. The van der Waals surface area contributed by atoms with Gasteiger partial charge in [-0.05, 0) is 35.4 Å². The Hall–Kier alpha value is -2.46. The Morgan fingerprint density at radius 1 is 0.577 bits per heavy atom. The summed E-state index contributed by atoms with van der Waals surface area (Å²) in [6, 6.07) is 8.07. The number of ether oxygens (including phenoxy) is 2. The number of rotatable bonds is 5. The maximum Gasteiger partial charge on any atom is 0.573 e. The summed E-state index contributed by atoms with van der Waals surface area (Å²) in [5.74, 6) is -0.814. The van der Waals surface area contributed by atoms with Crippen LogP contribution >= 0.6 is 0 Å². The largest absolute Gasteiger partial charge is 0.573 e. The third kappa shape index (κ3) is 5.81. The molecule has 0 aliphatic carbocycles.